The van der Waals surface area contributed by atoms with Crippen molar-refractivity contribution in [1.29, 1.82) is 0 Å². The molecule has 0 aromatic heterocycles. The average molecular weight is 205 g/mol. The maximum Gasteiger partial charge on any atom is 0.109 e. The summed E-state index contributed by atoms with van der Waals surface area (Å²) in [6.07, 6.45) is 0. The summed E-state index contributed by atoms with van der Waals surface area (Å²) in [5.41, 5.74) is 0. The van der Waals surface area contributed by atoms with Crippen molar-refractivity contribution in [3.8, 4) is 0 Å². The molecular weight excluding hydrogens is 184 g/mol. The first-order chi connectivity index (χ1) is 6.08. The van der Waals surface area contributed by atoms with Crippen molar-refractivity contribution in [2.75, 3.05) is 32.4 Å². The van der Waals surface area contributed by atoms with Crippen LogP contribution in [0.2, 0.25) is 0 Å². The number of quaternary nitrogens is 1. The monoisotopic (exact) mass is 205 g/mol. The summed E-state index contributed by atoms with van der Waals surface area (Å²) in [6.45, 7) is 9.69. The molecule has 0 atom stereocenters. The number of hydrogen-bond acceptors (Lipinski definition) is 3. The fourth-order valence-corrected chi connectivity index (χ4v) is 1.87. The van der Waals surface area contributed by atoms with Gasteiger partial charge in [-0.3, -0.25) is 0 Å². The summed E-state index contributed by atoms with van der Waals surface area (Å²) < 4.78 is 1.09. The summed E-state index contributed by atoms with van der Waals surface area (Å²) in [6, 6.07) is 0. The molecule has 0 radical (unpaired) electrons. The van der Waals surface area contributed by atoms with Crippen molar-refractivity contribution in [3.05, 3.63) is 0 Å². The molecule has 0 spiro atoms. The van der Waals surface area contributed by atoms with Crippen LogP contribution < -0.4 is 0 Å². The van der Waals surface area contributed by atoms with E-state index in [0.29, 0.717) is 0 Å². The lowest BCUT2D eigenvalue weighted by atomic mass is 10.4. The molecule has 0 rings (SSSR count). The van der Waals surface area contributed by atoms with Crippen LogP contribution >= 0.6 is 11.8 Å². The SMILES string of the molecule is CC[N+](C)(CC)CCS/C(C)=N/O. The van der Waals surface area contributed by atoms with Gasteiger partial charge in [0, 0.05) is 5.75 Å². The third kappa shape index (κ3) is 5.16. The summed E-state index contributed by atoms with van der Waals surface area (Å²) in [5, 5.41) is 12.3. The molecule has 0 aliphatic heterocycles. The van der Waals surface area contributed by atoms with E-state index in [1.165, 1.54) is 0 Å². The molecule has 1 N–H and O–H groups in total. The van der Waals surface area contributed by atoms with Crippen molar-refractivity contribution in [1.82, 2.24) is 0 Å². The molecular formula is C9H21N2OS+. The van der Waals surface area contributed by atoms with Crippen molar-refractivity contribution in [2.24, 2.45) is 5.16 Å². The Morgan fingerprint density at radius 1 is 1.38 bits per heavy atom. The highest BCUT2D eigenvalue weighted by Gasteiger charge is 2.15. The zero-order valence-corrected chi connectivity index (χ0v) is 9.89. The van der Waals surface area contributed by atoms with E-state index >= 15 is 0 Å². The van der Waals surface area contributed by atoms with E-state index in [2.05, 4.69) is 26.1 Å². The minimum Gasteiger partial charge on any atom is -0.410 e. The van der Waals surface area contributed by atoms with Gasteiger partial charge in [0.1, 0.15) is 5.04 Å². The summed E-state index contributed by atoms with van der Waals surface area (Å²) in [5.74, 6) is 1.02. The van der Waals surface area contributed by atoms with Gasteiger partial charge in [-0.2, -0.15) is 0 Å². The van der Waals surface area contributed by atoms with Gasteiger partial charge in [0.2, 0.25) is 0 Å². The van der Waals surface area contributed by atoms with Crippen molar-refractivity contribution in [2.45, 2.75) is 20.8 Å². The van der Waals surface area contributed by atoms with E-state index in [1.54, 1.807) is 11.8 Å². The highest BCUT2D eigenvalue weighted by atomic mass is 32.2. The van der Waals surface area contributed by atoms with Gasteiger partial charge >= 0.3 is 0 Å². The first-order valence-electron chi connectivity index (χ1n) is 4.73. The van der Waals surface area contributed by atoms with Crippen molar-refractivity contribution < 1.29 is 9.69 Å². The second kappa shape index (κ2) is 6.27. The molecule has 0 unspecified atom stereocenters. The standard InChI is InChI=1S/C9H20N2OS/c1-5-11(4,6-2)7-8-13-9(3)10-12/h5-8H2,1-4H3/p+1/b10-9+. The Kier molecular flexibility index (Phi) is 6.16. The Morgan fingerprint density at radius 3 is 2.31 bits per heavy atom. The van der Waals surface area contributed by atoms with Gasteiger partial charge in [0.25, 0.3) is 0 Å². The second-order valence-electron chi connectivity index (χ2n) is 3.44. The topological polar surface area (TPSA) is 32.6 Å². The van der Waals surface area contributed by atoms with Crippen LogP contribution in [0.15, 0.2) is 5.16 Å². The quantitative estimate of drug-likeness (QED) is 0.245. The third-order valence-electron chi connectivity index (χ3n) is 2.61. The molecule has 13 heavy (non-hydrogen) atoms. The number of hydrogen-bond donors (Lipinski definition) is 1. The molecule has 0 saturated heterocycles. The van der Waals surface area contributed by atoms with Gasteiger partial charge in [0.15, 0.2) is 0 Å². The predicted octanol–water partition coefficient (Wildman–Crippen LogP) is 2.01. The molecule has 0 aliphatic carbocycles. The van der Waals surface area contributed by atoms with Crippen molar-refractivity contribution >= 4 is 16.8 Å². The fourth-order valence-electron chi connectivity index (χ4n) is 0.982. The lowest BCUT2D eigenvalue weighted by Crippen LogP contribution is -2.45. The number of thioether (sulfide) groups is 1. The number of oxime groups is 1. The predicted molar refractivity (Wildman–Crippen MR) is 59.5 cm³/mol. The normalized spacial score (nSPS) is 13.4. The molecule has 0 bridgehead atoms. The molecule has 0 heterocycles. The number of rotatable bonds is 5. The lowest BCUT2D eigenvalue weighted by molar-refractivity contribution is -0.903. The first-order valence-corrected chi connectivity index (χ1v) is 5.71. The number of nitrogens with zero attached hydrogens (tertiary/aromatic N) is 2. The third-order valence-corrected chi connectivity index (χ3v) is 3.50. The molecule has 4 heteroatoms. The minimum absolute atomic E-state index is 0.749. The average Bonchev–Trinajstić information content (AvgIpc) is 2.17. The maximum atomic E-state index is 8.44. The summed E-state index contributed by atoms with van der Waals surface area (Å²) >= 11 is 1.62. The fraction of sp³-hybridized carbons (Fsp3) is 0.889. The van der Waals surface area contributed by atoms with Gasteiger partial charge in [0.05, 0.1) is 26.7 Å². The van der Waals surface area contributed by atoms with Gasteiger partial charge in [-0.15, -0.1) is 11.8 Å². The van der Waals surface area contributed by atoms with Gasteiger partial charge in [-0.1, -0.05) is 5.16 Å². The Balaban J connectivity index is 3.74. The molecule has 0 aromatic rings. The highest BCUT2D eigenvalue weighted by Crippen LogP contribution is 2.08. The van der Waals surface area contributed by atoms with E-state index in [9.17, 15) is 0 Å². The minimum atomic E-state index is 0.749. The zero-order chi connectivity index (χ0) is 10.3. The van der Waals surface area contributed by atoms with Crippen LogP contribution in [0.5, 0.6) is 0 Å². The van der Waals surface area contributed by atoms with Crippen LogP contribution in [0.1, 0.15) is 20.8 Å². The highest BCUT2D eigenvalue weighted by molar-refractivity contribution is 8.13. The molecule has 0 aliphatic rings. The second-order valence-corrected chi connectivity index (χ2v) is 4.73. The molecule has 0 saturated carbocycles. The molecule has 78 valence electrons. The maximum absolute atomic E-state index is 8.44. The van der Waals surface area contributed by atoms with Crippen LogP contribution in [0.3, 0.4) is 0 Å². The Morgan fingerprint density at radius 2 is 1.92 bits per heavy atom. The van der Waals surface area contributed by atoms with Gasteiger partial charge < -0.3 is 9.69 Å². The van der Waals surface area contributed by atoms with Crippen LogP contribution in [0.4, 0.5) is 0 Å². The molecule has 0 amide bonds. The van der Waals surface area contributed by atoms with Crippen LogP contribution in [0.25, 0.3) is 0 Å². The Hall–Kier alpha value is -0.220. The van der Waals surface area contributed by atoms with Gasteiger partial charge in [-0.05, 0) is 20.8 Å². The Bertz CT molecular complexity index is 167. The van der Waals surface area contributed by atoms with E-state index in [0.717, 1.165) is 34.9 Å². The zero-order valence-electron chi connectivity index (χ0n) is 9.08. The van der Waals surface area contributed by atoms with Crippen LogP contribution in [-0.4, -0.2) is 47.2 Å². The van der Waals surface area contributed by atoms with Crippen LogP contribution in [0, 0.1) is 0 Å². The van der Waals surface area contributed by atoms with E-state index in [-0.39, 0.29) is 0 Å². The molecule has 0 aromatic carbocycles. The molecule has 0 fully saturated rings. The largest absolute Gasteiger partial charge is 0.410 e. The molecule has 3 nitrogen and oxygen atoms in total. The van der Waals surface area contributed by atoms with E-state index in [1.807, 2.05) is 6.92 Å². The van der Waals surface area contributed by atoms with E-state index < -0.39 is 0 Å². The summed E-state index contributed by atoms with van der Waals surface area (Å²) in [7, 11) is 2.26. The summed E-state index contributed by atoms with van der Waals surface area (Å²) in [4.78, 5) is 0. The first kappa shape index (κ1) is 12.8. The van der Waals surface area contributed by atoms with Gasteiger partial charge in [-0.25, -0.2) is 0 Å². The van der Waals surface area contributed by atoms with E-state index in [4.69, 9.17) is 5.21 Å². The lowest BCUT2D eigenvalue weighted by Gasteiger charge is -2.31. The smallest absolute Gasteiger partial charge is 0.109 e. The Labute approximate surface area is 85.4 Å². The van der Waals surface area contributed by atoms with Crippen molar-refractivity contribution in [3.63, 3.8) is 0 Å². The van der Waals surface area contributed by atoms with Crippen LogP contribution in [-0.2, 0) is 0 Å².